The first-order valence-corrected chi connectivity index (χ1v) is 31.8. The van der Waals surface area contributed by atoms with E-state index in [2.05, 4.69) is 45.1 Å². The van der Waals surface area contributed by atoms with E-state index in [1.54, 1.807) is 0 Å². The van der Waals surface area contributed by atoms with E-state index in [0.29, 0.717) is 19.3 Å². The second-order valence-corrected chi connectivity index (χ2v) is 21.7. The van der Waals surface area contributed by atoms with Crippen LogP contribution in [0.15, 0.2) is 24.3 Å². The molecule has 0 radical (unpaired) electrons. The van der Waals surface area contributed by atoms with Gasteiger partial charge in [-0.3, -0.25) is 14.4 Å². The first kappa shape index (κ1) is 68.9. The zero-order valence-electron chi connectivity index (χ0n) is 48.0. The minimum Gasteiger partial charge on any atom is -0.462 e. The summed E-state index contributed by atoms with van der Waals surface area (Å²) in [6.07, 6.45) is 71.9. The molecule has 0 bridgehead atoms. The van der Waals surface area contributed by atoms with E-state index in [1.165, 1.54) is 238 Å². The van der Waals surface area contributed by atoms with E-state index in [4.69, 9.17) is 14.2 Å². The highest BCUT2D eigenvalue weighted by molar-refractivity contribution is 5.71. The summed E-state index contributed by atoms with van der Waals surface area (Å²) in [4.78, 5) is 38.2. The van der Waals surface area contributed by atoms with E-state index in [0.717, 1.165) is 77.0 Å². The molecule has 0 aromatic carbocycles. The normalized spacial score (nSPS) is 12.1. The molecule has 418 valence electrons. The minimum atomic E-state index is -0.772. The molecule has 0 rings (SSSR count). The van der Waals surface area contributed by atoms with Crippen LogP contribution in [0.5, 0.6) is 0 Å². The molecule has 6 nitrogen and oxygen atoms in total. The Bertz CT molecular complexity index is 1150. The number of rotatable bonds is 59. The SMILES string of the molecule is CCCC/C=C\C/C=C\CCCCCCCC(=O)OCC(COC(=O)CCCCCCCCCCCCCCCCCCCCCCCCCC)OC(=O)CCCCCCCCCCCCCCCCC. The zero-order valence-corrected chi connectivity index (χ0v) is 48.0. The Hall–Kier alpha value is -2.11. The van der Waals surface area contributed by atoms with Gasteiger partial charge in [0.15, 0.2) is 6.10 Å². The molecule has 0 saturated heterocycles. The number of carbonyl (C=O) groups is 3. The molecule has 0 saturated carbocycles. The first-order chi connectivity index (χ1) is 35.0. The van der Waals surface area contributed by atoms with Crippen molar-refractivity contribution in [2.75, 3.05) is 13.2 Å². The van der Waals surface area contributed by atoms with Gasteiger partial charge in [-0.1, -0.05) is 315 Å². The molecule has 0 aliphatic rings. The van der Waals surface area contributed by atoms with Crippen molar-refractivity contribution in [1.29, 1.82) is 0 Å². The van der Waals surface area contributed by atoms with Crippen LogP contribution in [0.1, 0.15) is 355 Å². The summed E-state index contributed by atoms with van der Waals surface area (Å²) in [6, 6.07) is 0. The van der Waals surface area contributed by atoms with E-state index < -0.39 is 6.10 Å². The molecule has 0 amide bonds. The third-order valence-electron chi connectivity index (χ3n) is 14.5. The van der Waals surface area contributed by atoms with Gasteiger partial charge in [-0.2, -0.15) is 0 Å². The lowest BCUT2D eigenvalue weighted by molar-refractivity contribution is -0.167. The largest absolute Gasteiger partial charge is 0.462 e. The van der Waals surface area contributed by atoms with Crippen LogP contribution >= 0.6 is 0 Å². The number of esters is 3. The summed E-state index contributed by atoms with van der Waals surface area (Å²) >= 11 is 0. The van der Waals surface area contributed by atoms with Gasteiger partial charge < -0.3 is 14.2 Å². The van der Waals surface area contributed by atoms with Gasteiger partial charge in [-0.25, -0.2) is 0 Å². The third-order valence-corrected chi connectivity index (χ3v) is 14.5. The monoisotopic (exact) mass is 999 g/mol. The summed E-state index contributed by atoms with van der Waals surface area (Å²) in [7, 11) is 0. The van der Waals surface area contributed by atoms with Crippen LogP contribution < -0.4 is 0 Å². The summed E-state index contributed by atoms with van der Waals surface area (Å²) in [5, 5.41) is 0. The average Bonchev–Trinajstić information content (AvgIpc) is 3.37. The highest BCUT2D eigenvalue weighted by atomic mass is 16.6. The van der Waals surface area contributed by atoms with Crippen LogP contribution in [0.2, 0.25) is 0 Å². The molecule has 6 heteroatoms. The molecule has 0 heterocycles. The van der Waals surface area contributed by atoms with Crippen molar-refractivity contribution in [2.45, 2.75) is 361 Å². The molecular formula is C65H122O6. The molecule has 1 atom stereocenters. The fourth-order valence-electron chi connectivity index (χ4n) is 9.64. The second kappa shape index (κ2) is 60.4. The Morgan fingerprint density at radius 2 is 0.521 bits per heavy atom. The lowest BCUT2D eigenvalue weighted by atomic mass is 10.0. The Morgan fingerprint density at radius 3 is 0.817 bits per heavy atom. The van der Waals surface area contributed by atoms with Crippen LogP contribution in [0, 0.1) is 0 Å². The van der Waals surface area contributed by atoms with Crippen LogP contribution in [-0.4, -0.2) is 37.2 Å². The molecule has 0 aromatic heterocycles. The summed E-state index contributed by atoms with van der Waals surface area (Å²) < 4.78 is 16.9. The smallest absolute Gasteiger partial charge is 0.306 e. The maximum Gasteiger partial charge on any atom is 0.306 e. The van der Waals surface area contributed by atoms with E-state index in [9.17, 15) is 14.4 Å². The number of allylic oxidation sites excluding steroid dienone is 4. The Morgan fingerprint density at radius 1 is 0.282 bits per heavy atom. The van der Waals surface area contributed by atoms with Crippen LogP contribution in [0.3, 0.4) is 0 Å². The molecular weight excluding hydrogens is 877 g/mol. The Balaban J connectivity index is 4.23. The molecule has 0 fully saturated rings. The van der Waals surface area contributed by atoms with Gasteiger partial charge in [0.2, 0.25) is 0 Å². The number of ether oxygens (including phenoxy) is 3. The van der Waals surface area contributed by atoms with E-state index in [-0.39, 0.29) is 31.1 Å². The number of hydrogen-bond donors (Lipinski definition) is 0. The number of hydrogen-bond acceptors (Lipinski definition) is 6. The maximum absolute atomic E-state index is 12.9. The summed E-state index contributed by atoms with van der Waals surface area (Å²) in [5.74, 6) is -0.858. The van der Waals surface area contributed by atoms with Crippen molar-refractivity contribution in [1.82, 2.24) is 0 Å². The summed E-state index contributed by atoms with van der Waals surface area (Å²) in [5.41, 5.74) is 0. The maximum atomic E-state index is 12.9. The van der Waals surface area contributed by atoms with Crippen LogP contribution in [0.25, 0.3) is 0 Å². The number of unbranched alkanes of at least 4 members (excludes halogenated alkanes) is 44. The van der Waals surface area contributed by atoms with Crippen molar-refractivity contribution in [2.24, 2.45) is 0 Å². The highest BCUT2D eigenvalue weighted by Crippen LogP contribution is 2.18. The Labute approximate surface area is 443 Å². The lowest BCUT2D eigenvalue weighted by Crippen LogP contribution is -2.30. The van der Waals surface area contributed by atoms with Crippen molar-refractivity contribution in [3.63, 3.8) is 0 Å². The van der Waals surface area contributed by atoms with Gasteiger partial charge in [0.1, 0.15) is 13.2 Å². The quantitative estimate of drug-likeness (QED) is 0.0261. The zero-order chi connectivity index (χ0) is 51.4. The van der Waals surface area contributed by atoms with E-state index >= 15 is 0 Å². The Kier molecular flexibility index (Phi) is 58.6. The summed E-state index contributed by atoms with van der Waals surface area (Å²) in [6.45, 7) is 6.65. The van der Waals surface area contributed by atoms with Crippen molar-refractivity contribution < 1.29 is 28.6 Å². The highest BCUT2D eigenvalue weighted by Gasteiger charge is 2.19. The van der Waals surface area contributed by atoms with Crippen molar-refractivity contribution in [3.05, 3.63) is 24.3 Å². The van der Waals surface area contributed by atoms with E-state index in [1.807, 2.05) is 0 Å². The van der Waals surface area contributed by atoms with Gasteiger partial charge >= 0.3 is 17.9 Å². The van der Waals surface area contributed by atoms with Gasteiger partial charge in [-0.05, 0) is 44.9 Å². The molecule has 0 spiro atoms. The fraction of sp³-hybridized carbons (Fsp3) is 0.892. The predicted octanol–water partition coefficient (Wildman–Crippen LogP) is 21.4. The first-order valence-electron chi connectivity index (χ1n) is 31.8. The van der Waals surface area contributed by atoms with Gasteiger partial charge in [0.25, 0.3) is 0 Å². The number of carbonyl (C=O) groups excluding carboxylic acids is 3. The minimum absolute atomic E-state index is 0.0697. The van der Waals surface area contributed by atoms with Crippen LogP contribution in [0.4, 0.5) is 0 Å². The topological polar surface area (TPSA) is 78.9 Å². The van der Waals surface area contributed by atoms with Crippen molar-refractivity contribution in [3.8, 4) is 0 Å². The standard InChI is InChI=1S/C65H122O6/c1-4-7-10-13-16-19-22-25-28-29-30-31-32-33-34-35-36-38-40-43-46-49-52-55-58-64(67)70-61-62(60-69-63(66)57-54-51-48-45-42-39-27-24-21-18-15-12-9-6-3)71-65(68)59-56-53-50-47-44-41-37-26-23-20-17-14-11-8-5-2/h15,18,24,27,62H,4-14,16-17,19-23,25-26,28-61H2,1-3H3/b18-15-,27-24-. The lowest BCUT2D eigenvalue weighted by Gasteiger charge is -2.18. The van der Waals surface area contributed by atoms with Gasteiger partial charge in [0, 0.05) is 19.3 Å². The fourth-order valence-corrected chi connectivity index (χ4v) is 9.64. The van der Waals surface area contributed by atoms with Gasteiger partial charge in [0.05, 0.1) is 0 Å². The van der Waals surface area contributed by atoms with Crippen molar-refractivity contribution >= 4 is 17.9 Å². The van der Waals surface area contributed by atoms with Crippen LogP contribution in [-0.2, 0) is 28.6 Å². The average molecular weight is 1000 g/mol. The predicted molar refractivity (Wildman–Crippen MR) is 307 cm³/mol. The molecule has 71 heavy (non-hydrogen) atoms. The molecule has 0 aromatic rings. The molecule has 1 unspecified atom stereocenters. The second-order valence-electron chi connectivity index (χ2n) is 21.7. The van der Waals surface area contributed by atoms with Gasteiger partial charge in [-0.15, -0.1) is 0 Å². The third kappa shape index (κ3) is 58.7. The molecule has 0 aliphatic heterocycles. The molecule has 0 N–H and O–H groups in total. The molecule has 0 aliphatic carbocycles.